The van der Waals surface area contributed by atoms with Gasteiger partial charge in [-0.1, -0.05) is 0 Å². The van der Waals surface area contributed by atoms with E-state index in [4.69, 9.17) is 14.3 Å². The molecule has 1 atom stereocenters. The van der Waals surface area contributed by atoms with Gasteiger partial charge in [-0.05, 0) is 25.1 Å². The number of hydrogen-bond acceptors (Lipinski definition) is 4. The molecular formula is C14H17NO5. The van der Waals surface area contributed by atoms with Crippen molar-refractivity contribution >= 4 is 18.0 Å². The standard InChI is InChI=1S/C14H17NO5/c1-10-2-3-11(20-10)4-5-13(16)15-6-7-19-12(9-15)8-14(17)18/h2-5,12H,6-9H2,1H3,(H,17,18)/b5-4-/t12-/m1/s1. The average Bonchev–Trinajstić information content (AvgIpc) is 2.81. The van der Waals surface area contributed by atoms with Gasteiger partial charge in [0.15, 0.2) is 0 Å². The first-order chi connectivity index (χ1) is 9.54. The van der Waals surface area contributed by atoms with Gasteiger partial charge in [0.1, 0.15) is 11.5 Å². The zero-order valence-corrected chi connectivity index (χ0v) is 11.2. The fourth-order valence-electron chi connectivity index (χ4n) is 2.04. The molecule has 0 saturated carbocycles. The van der Waals surface area contributed by atoms with E-state index in [0.29, 0.717) is 25.5 Å². The van der Waals surface area contributed by atoms with Crippen LogP contribution in [-0.2, 0) is 14.3 Å². The Labute approximate surface area is 116 Å². The van der Waals surface area contributed by atoms with E-state index in [1.807, 2.05) is 13.0 Å². The van der Waals surface area contributed by atoms with Gasteiger partial charge in [-0.25, -0.2) is 0 Å². The molecule has 2 heterocycles. The Kier molecular flexibility index (Phi) is 4.57. The summed E-state index contributed by atoms with van der Waals surface area (Å²) in [7, 11) is 0. The van der Waals surface area contributed by atoms with Gasteiger partial charge in [0.25, 0.3) is 0 Å². The topological polar surface area (TPSA) is 80.0 Å². The summed E-state index contributed by atoms with van der Waals surface area (Å²) in [6, 6.07) is 3.60. The lowest BCUT2D eigenvalue weighted by Crippen LogP contribution is -2.45. The average molecular weight is 279 g/mol. The summed E-state index contributed by atoms with van der Waals surface area (Å²) >= 11 is 0. The maximum Gasteiger partial charge on any atom is 0.306 e. The smallest absolute Gasteiger partial charge is 0.306 e. The molecule has 0 radical (unpaired) electrons. The lowest BCUT2D eigenvalue weighted by atomic mass is 10.2. The largest absolute Gasteiger partial charge is 0.481 e. The predicted octanol–water partition coefficient (Wildman–Crippen LogP) is 1.30. The molecule has 0 aliphatic carbocycles. The third-order valence-corrected chi connectivity index (χ3v) is 3.00. The van der Waals surface area contributed by atoms with Crippen molar-refractivity contribution in [2.24, 2.45) is 0 Å². The van der Waals surface area contributed by atoms with E-state index in [-0.39, 0.29) is 12.3 Å². The van der Waals surface area contributed by atoms with E-state index < -0.39 is 12.1 Å². The van der Waals surface area contributed by atoms with Crippen molar-refractivity contribution in [3.05, 3.63) is 29.7 Å². The highest BCUT2D eigenvalue weighted by Crippen LogP contribution is 2.11. The van der Waals surface area contributed by atoms with Gasteiger partial charge in [-0.3, -0.25) is 9.59 Å². The highest BCUT2D eigenvalue weighted by atomic mass is 16.5. The van der Waals surface area contributed by atoms with E-state index in [2.05, 4.69) is 0 Å². The van der Waals surface area contributed by atoms with Gasteiger partial charge in [-0.15, -0.1) is 0 Å². The first-order valence-corrected chi connectivity index (χ1v) is 6.41. The zero-order valence-electron chi connectivity index (χ0n) is 11.2. The van der Waals surface area contributed by atoms with Crippen LogP contribution in [0.2, 0.25) is 0 Å². The first kappa shape index (κ1) is 14.3. The summed E-state index contributed by atoms with van der Waals surface area (Å²) < 4.78 is 10.7. The van der Waals surface area contributed by atoms with Crippen LogP contribution in [0.1, 0.15) is 17.9 Å². The van der Waals surface area contributed by atoms with Crippen LogP contribution in [0, 0.1) is 6.92 Å². The van der Waals surface area contributed by atoms with Crippen molar-refractivity contribution in [3.63, 3.8) is 0 Å². The van der Waals surface area contributed by atoms with Crippen LogP contribution in [0.5, 0.6) is 0 Å². The molecule has 1 saturated heterocycles. The lowest BCUT2D eigenvalue weighted by molar-refractivity contribution is -0.145. The van der Waals surface area contributed by atoms with Crippen molar-refractivity contribution in [1.82, 2.24) is 4.90 Å². The summed E-state index contributed by atoms with van der Waals surface area (Å²) in [4.78, 5) is 24.2. The third kappa shape index (κ3) is 3.96. The van der Waals surface area contributed by atoms with Crippen LogP contribution in [0.25, 0.3) is 6.08 Å². The number of aryl methyl sites for hydroxylation is 1. The molecule has 2 rings (SSSR count). The molecule has 0 spiro atoms. The number of carboxylic acid groups (broad SMARTS) is 1. The second-order valence-corrected chi connectivity index (χ2v) is 4.66. The van der Waals surface area contributed by atoms with E-state index in [9.17, 15) is 9.59 Å². The quantitative estimate of drug-likeness (QED) is 0.840. The van der Waals surface area contributed by atoms with Gasteiger partial charge in [-0.2, -0.15) is 0 Å². The molecule has 108 valence electrons. The number of carboxylic acids is 1. The molecule has 1 aliphatic rings. The van der Waals surface area contributed by atoms with Crippen LogP contribution in [0.4, 0.5) is 0 Å². The molecule has 0 unspecified atom stereocenters. The summed E-state index contributed by atoms with van der Waals surface area (Å²) in [5.41, 5.74) is 0. The summed E-state index contributed by atoms with van der Waals surface area (Å²) in [5, 5.41) is 8.74. The molecule has 20 heavy (non-hydrogen) atoms. The Balaban J connectivity index is 1.91. The van der Waals surface area contributed by atoms with Crippen LogP contribution >= 0.6 is 0 Å². The number of rotatable bonds is 4. The third-order valence-electron chi connectivity index (χ3n) is 3.00. The fourth-order valence-corrected chi connectivity index (χ4v) is 2.04. The molecule has 1 amide bonds. The molecule has 1 aromatic rings. The van der Waals surface area contributed by atoms with Crippen molar-refractivity contribution < 1.29 is 23.8 Å². The van der Waals surface area contributed by atoms with Gasteiger partial charge < -0.3 is 19.2 Å². The van der Waals surface area contributed by atoms with E-state index in [1.54, 1.807) is 17.0 Å². The van der Waals surface area contributed by atoms with Crippen molar-refractivity contribution in [2.75, 3.05) is 19.7 Å². The molecule has 1 aliphatic heterocycles. The Hall–Kier alpha value is -2.08. The fraction of sp³-hybridized carbons (Fsp3) is 0.429. The van der Waals surface area contributed by atoms with Gasteiger partial charge in [0.05, 0.1) is 19.1 Å². The lowest BCUT2D eigenvalue weighted by Gasteiger charge is -2.31. The van der Waals surface area contributed by atoms with Crippen molar-refractivity contribution in [2.45, 2.75) is 19.4 Å². The predicted molar refractivity (Wildman–Crippen MR) is 71.1 cm³/mol. The maximum absolute atomic E-state index is 12.0. The molecule has 1 fully saturated rings. The van der Waals surface area contributed by atoms with Gasteiger partial charge >= 0.3 is 5.97 Å². The Morgan fingerprint density at radius 1 is 1.50 bits per heavy atom. The minimum absolute atomic E-state index is 0.0924. The van der Waals surface area contributed by atoms with Crippen LogP contribution in [-0.4, -0.2) is 47.7 Å². The minimum atomic E-state index is -0.925. The summed E-state index contributed by atoms with van der Waals surface area (Å²) in [5.74, 6) is 0.305. The summed E-state index contributed by atoms with van der Waals surface area (Å²) in [6.07, 6.45) is 2.51. The summed E-state index contributed by atoms with van der Waals surface area (Å²) in [6.45, 7) is 2.96. The second kappa shape index (κ2) is 6.38. The Morgan fingerprint density at radius 2 is 2.30 bits per heavy atom. The maximum atomic E-state index is 12.0. The number of aliphatic carboxylic acids is 1. The molecular weight excluding hydrogens is 262 g/mol. The molecule has 6 nitrogen and oxygen atoms in total. The minimum Gasteiger partial charge on any atom is -0.481 e. The molecule has 1 aromatic heterocycles. The number of hydrogen-bond donors (Lipinski definition) is 1. The number of furan rings is 1. The Morgan fingerprint density at radius 3 is 2.95 bits per heavy atom. The van der Waals surface area contributed by atoms with Crippen molar-refractivity contribution in [1.29, 1.82) is 0 Å². The zero-order chi connectivity index (χ0) is 14.5. The molecule has 0 aromatic carbocycles. The number of morpholine rings is 1. The first-order valence-electron chi connectivity index (χ1n) is 6.41. The molecule has 1 N–H and O–H groups in total. The van der Waals surface area contributed by atoms with E-state index >= 15 is 0 Å². The number of ether oxygens (including phenoxy) is 1. The number of carbonyl (C=O) groups is 2. The Bertz CT molecular complexity index is 519. The van der Waals surface area contributed by atoms with E-state index in [1.165, 1.54) is 6.08 Å². The number of nitrogens with zero attached hydrogens (tertiary/aromatic N) is 1. The highest BCUT2D eigenvalue weighted by molar-refractivity contribution is 5.91. The van der Waals surface area contributed by atoms with Crippen LogP contribution < -0.4 is 0 Å². The highest BCUT2D eigenvalue weighted by Gasteiger charge is 2.24. The monoisotopic (exact) mass is 279 g/mol. The number of carbonyl (C=O) groups excluding carboxylic acids is 1. The second-order valence-electron chi connectivity index (χ2n) is 4.66. The number of amides is 1. The normalized spacial score (nSPS) is 19.4. The van der Waals surface area contributed by atoms with Gasteiger partial charge in [0.2, 0.25) is 5.91 Å². The van der Waals surface area contributed by atoms with E-state index in [0.717, 1.165) is 5.76 Å². The molecule has 6 heteroatoms. The van der Waals surface area contributed by atoms with Crippen LogP contribution in [0.3, 0.4) is 0 Å². The SMILES string of the molecule is Cc1ccc(/C=C\C(=O)N2CCO[C@H](CC(=O)O)C2)o1. The molecule has 0 bridgehead atoms. The van der Waals surface area contributed by atoms with Gasteiger partial charge in [0, 0.05) is 19.2 Å². The van der Waals surface area contributed by atoms with Crippen molar-refractivity contribution in [3.8, 4) is 0 Å². The van der Waals surface area contributed by atoms with Crippen LogP contribution in [0.15, 0.2) is 22.6 Å².